The van der Waals surface area contributed by atoms with E-state index in [2.05, 4.69) is 26.5 Å². The molecule has 1 saturated heterocycles. The molecule has 2 rings (SSSR count). The first-order chi connectivity index (χ1) is 8.79. The van der Waals surface area contributed by atoms with Gasteiger partial charge in [0, 0.05) is 26.2 Å². The van der Waals surface area contributed by atoms with Crippen molar-refractivity contribution in [1.82, 2.24) is 15.5 Å². The van der Waals surface area contributed by atoms with Crippen LogP contribution >= 0.6 is 0 Å². The number of nitrogens with zero attached hydrogens (tertiary/aromatic N) is 3. The van der Waals surface area contributed by atoms with Crippen molar-refractivity contribution in [2.45, 2.75) is 25.8 Å². The molecule has 0 radical (unpaired) electrons. The number of ether oxygens (including phenoxy) is 1. The van der Waals surface area contributed by atoms with Gasteiger partial charge in [0.25, 0.3) is 0 Å². The summed E-state index contributed by atoms with van der Waals surface area (Å²) in [7, 11) is 1.73. The van der Waals surface area contributed by atoms with Gasteiger partial charge in [-0.15, -0.1) is 5.10 Å². The van der Waals surface area contributed by atoms with Crippen molar-refractivity contribution in [1.29, 1.82) is 0 Å². The fraction of sp³-hybridized carbons (Fsp3) is 0.692. The van der Waals surface area contributed by atoms with Gasteiger partial charge in [0.05, 0.1) is 12.8 Å². The molecule has 0 aromatic carbocycles. The average molecular weight is 250 g/mol. The molecule has 18 heavy (non-hydrogen) atoms. The molecule has 0 saturated carbocycles. The summed E-state index contributed by atoms with van der Waals surface area (Å²) in [5, 5.41) is 11.8. The SMILES string of the molecule is COCCN(CC1CCCN1)c1cc(C)cnn1. The van der Waals surface area contributed by atoms with E-state index in [1.54, 1.807) is 13.3 Å². The molecule has 1 aromatic rings. The second-order valence-electron chi connectivity index (χ2n) is 4.82. The molecule has 1 unspecified atom stereocenters. The van der Waals surface area contributed by atoms with Crippen molar-refractivity contribution in [3.63, 3.8) is 0 Å². The third-order valence-corrected chi connectivity index (χ3v) is 3.27. The summed E-state index contributed by atoms with van der Waals surface area (Å²) in [5.74, 6) is 0.945. The molecule has 1 aliphatic rings. The van der Waals surface area contributed by atoms with Crippen LogP contribution in [0.5, 0.6) is 0 Å². The Labute approximate surface area is 109 Å². The number of aryl methyl sites for hydroxylation is 1. The van der Waals surface area contributed by atoms with Crippen LogP contribution in [0.3, 0.4) is 0 Å². The average Bonchev–Trinajstić information content (AvgIpc) is 2.87. The summed E-state index contributed by atoms with van der Waals surface area (Å²) in [5.41, 5.74) is 1.14. The summed E-state index contributed by atoms with van der Waals surface area (Å²) >= 11 is 0. The number of rotatable bonds is 6. The fourth-order valence-corrected chi connectivity index (χ4v) is 2.28. The van der Waals surface area contributed by atoms with Crippen molar-refractivity contribution >= 4 is 5.82 Å². The monoisotopic (exact) mass is 250 g/mol. The first-order valence-electron chi connectivity index (χ1n) is 6.56. The normalized spacial score (nSPS) is 19.1. The highest BCUT2D eigenvalue weighted by molar-refractivity contribution is 5.39. The van der Waals surface area contributed by atoms with Gasteiger partial charge >= 0.3 is 0 Å². The van der Waals surface area contributed by atoms with Gasteiger partial charge in [0.2, 0.25) is 0 Å². The Hall–Kier alpha value is -1.20. The van der Waals surface area contributed by atoms with Crippen LogP contribution < -0.4 is 10.2 Å². The van der Waals surface area contributed by atoms with E-state index in [1.807, 2.05) is 6.92 Å². The number of hydrogen-bond donors (Lipinski definition) is 1. The van der Waals surface area contributed by atoms with E-state index in [1.165, 1.54) is 12.8 Å². The van der Waals surface area contributed by atoms with E-state index >= 15 is 0 Å². The molecule has 1 aliphatic heterocycles. The number of nitrogens with one attached hydrogen (secondary N) is 1. The smallest absolute Gasteiger partial charge is 0.151 e. The van der Waals surface area contributed by atoms with Crippen molar-refractivity contribution < 1.29 is 4.74 Å². The second kappa shape index (κ2) is 6.66. The lowest BCUT2D eigenvalue weighted by Gasteiger charge is -2.26. The number of anilines is 1. The van der Waals surface area contributed by atoms with Crippen LogP contribution in [0.4, 0.5) is 5.82 Å². The van der Waals surface area contributed by atoms with Crippen molar-refractivity contribution in [2.24, 2.45) is 0 Å². The molecule has 1 fully saturated rings. The zero-order valence-corrected chi connectivity index (χ0v) is 11.2. The molecule has 1 atom stereocenters. The molecule has 0 amide bonds. The molecule has 1 N–H and O–H groups in total. The van der Waals surface area contributed by atoms with Crippen LogP contribution in [0, 0.1) is 6.92 Å². The van der Waals surface area contributed by atoms with Crippen LogP contribution in [-0.2, 0) is 4.74 Å². The highest BCUT2D eigenvalue weighted by atomic mass is 16.5. The minimum absolute atomic E-state index is 0.559. The third-order valence-electron chi connectivity index (χ3n) is 3.27. The molecule has 2 heterocycles. The maximum atomic E-state index is 5.18. The van der Waals surface area contributed by atoms with E-state index in [0.29, 0.717) is 12.6 Å². The largest absolute Gasteiger partial charge is 0.383 e. The maximum absolute atomic E-state index is 5.18. The van der Waals surface area contributed by atoms with Crippen LogP contribution in [0.25, 0.3) is 0 Å². The van der Waals surface area contributed by atoms with E-state index in [9.17, 15) is 0 Å². The number of methoxy groups -OCH3 is 1. The highest BCUT2D eigenvalue weighted by Gasteiger charge is 2.19. The Balaban J connectivity index is 2.03. The topological polar surface area (TPSA) is 50.3 Å². The molecule has 0 spiro atoms. The standard InChI is InChI=1S/C13H22N4O/c1-11-8-13(16-15-9-11)17(6-7-18-2)10-12-4-3-5-14-12/h8-9,12,14H,3-7,10H2,1-2H3. The van der Waals surface area contributed by atoms with Crippen LogP contribution in [0.2, 0.25) is 0 Å². The van der Waals surface area contributed by atoms with Gasteiger partial charge in [-0.1, -0.05) is 0 Å². The molecule has 100 valence electrons. The van der Waals surface area contributed by atoms with Crippen LogP contribution in [0.1, 0.15) is 18.4 Å². The van der Waals surface area contributed by atoms with Gasteiger partial charge in [-0.2, -0.15) is 5.10 Å². The molecule has 5 heteroatoms. The van der Waals surface area contributed by atoms with Crippen molar-refractivity contribution in [3.05, 3.63) is 17.8 Å². The van der Waals surface area contributed by atoms with Gasteiger partial charge in [0.15, 0.2) is 5.82 Å². The molecule has 1 aromatic heterocycles. The zero-order valence-electron chi connectivity index (χ0n) is 11.2. The van der Waals surface area contributed by atoms with E-state index < -0.39 is 0 Å². The molecule has 0 aliphatic carbocycles. The van der Waals surface area contributed by atoms with Crippen LogP contribution in [0.15, 0.2) is 12.3 Å². The Morgan fingerprint density at radius 1 is 1.56 bits per heavy atom. The Morgan fingerprint density at radius 3 is 3.11 bits per heavy atom. The Morgan fingerprint density at radius 2 is 2.44 bits per heavy atom. The van der Waals surface area contributed by atoms with E-state index in [4.69, 9.17) is 4.74 Å². The van der Waals surface area contributed by atoms with Gasteiger partial charge in [-0.3, -0.25) is 0 Å². The lowest BCUT2D eigenvalue weighted by Crippen LogP contribution is -2.39. The second-order valence-corrected chi connectivity index (χ2v) is 4.82. The highest BCUT2D eigenvalue weighted by Crippen LogP contribution is 2.14. The lowest BCUT2D eigenvalue weighted by atomic mass is 10.2. The Kier molecular flexibility index (Phi) is 4.90. The quantitative estimate of drug-likeness (QED) is 0.816. The van der Waals surface area contributed by atoms with Gasteiger partial charge < -0.3 is 15.0 Å². The predicted molar refractivity (Wildman–Crippen MR) is 71.9 cm³/mol. The van der Waals surface area contributed by atoms with E-state index in [0.717, 1.165) is 31.0 Å². The van der Waals surface area contributed by atoms with Crippen LogP contribution in [-0.4, -0.2) is 49.6 Å². The lowest BCUT2D eigenvalue weighted by molar-refractivity contribution is 0.204. The zero-order chi connectivity index (χ0) is 12.8. The third kappa shape index (κ3) is 3.65. The summed E-state index contributed by atoms with van der Waals surface area (Å²) in [6.07, 6.45) is 4.29. The number of hydrogen-bond acceptors (Lipinski definition) is 5. The molecule has 0 bridgehead atoms. The van der Waals surface area contributed by atoms with Gasteiger partial charge in [0.1, 0.15) is 0 Å². The molecule has 5 nitrogen and oxygen atoms in total. The Bertz CT molecular complexity index is 366. The summed E-state index contributed by atoms with van der Waals surface area (Å²) in [6.45, 7) is 5.71. The molecular formula is C13H22N4O. The fourth-order valence-electron chi connectivity index (χ4n) is 2.28. The van der Waals surface area contributed by atoms with Gasteiger partial charge in [-0.25, -0.2) is 0 Å². The summed E-state index contributed by atoms with van der Waals surface area (Å²) in [4.78, 5) is 2.26. The number of aromatic nitrogens is 2. The minimum atomic E-state index is 0.559. The summed E-state index contributed by atoms with van der Waals surface area (Å²) in [6, 6.07) is 2.64. The first kappa shape index (κ1) is 13.2. The maximum Gasteiger partial charge on any atom is 0.151 e. The summed E-state index contributed by atoms with van der Waals surface area (Å²) < 4.78 is 5.18. The van der Waals surface area contributed by atoms with Crippen molar-refractivity contribution in [2.75, 3.05) is 38.3 Å². The van der Waals surface area contributed by atoms with Gasteiger partial charge in [-0.05, 0) is 37.9 Å². The molecular weight excluding hydrogens is 228 g/mol. The minimum Gasteiger partial charge on any atom is -0.383 e. The van der Waals surface area contributed by atoms with E-state index in [-0.39, 0.29) is 0 Å². The predicted octanol–water partition coefficient (Wildman–Crippen LogP) is 0.990. The first-order valence-corrected chi connectivity index (χ1v) is 6.56. The van der Waals surface area contributed by atoms with Crippen molar-refractivity contribution in [3.8, 4) is 0 Å².